The first-order valence-corrected chi connectivity index (χ1v) is 11.0. The minimum Gasteiger partial charge on any atom is -0.369 e. The lowest BCUT2D eigenvalue weighted by atomic mass is 10.0. The van der Waals surface area contributed by atoms with Crippen LogP contribution in [0.25, 0.3) is 0 Å². The van der Waals surface area contributed by atoms with Gasteiger partial charge in [0.1, 0.15) is 0 Å². The van der Waals surface area contributed by atoms with Crippen LogP contribution in [0.3, 0.4) is 0 Å². The summed E-state index contributed by atoms with van der Waals surface area (Å²) in [7, 11) is -3.49. The molecule has 0 aliphatic carbocycles. The van der Waals surface area contributed by atoms with Crippen molar-refractivity contribution in [1.29, 1.82) is 0 Å². The van der Waals surface area contributed by atoms with Gasteiger partial charge >= 0.3 is 0 Å². The van der Waals surface area contributed by atoms with Crippen molar-refractivity contribution in [2.75, 3.05) is 31.1 Å². The van der Waals surface area contributed by atoms with Gasteiger partial charge in [0.25, 0.3) is 0 Å². The molecule has 2 aromatic carbocycles. The standard InChI is InChI=1S/C22H30N2O2S/c1-15-7-8-16(2)21(13-15)23-9-11-24(12-10-23)27(25,26)22-19(5)17(3)14-18(4)20(22)6/h7-8,13-14H,9-12H2,1-6H3. The second kappa shape index (κ2) is 7.28. The Balaban J connectivity index is 1.87. The zero-order valence-corrected chi connectivity index (χ0v) is 18.1. The van der Waals surface area contributed by atoms with Gasteiger partial charge in [-0.15, -0.1) is 0 Å². The Kier molecular flexibility index (Phi) is 5.37. The Morgan fingerprint density at radius 3 is 1.85 bits per heavy atom. The molecule has 0 amide bonds. The van der Waals surface area contributed by atoms with Crippen molar-refractivity contribution in [3.63, 3.8) is 0 Å². The van der Waals surface area contributed by atoms with Crippen molar-refractivity contribution in [3.05, 3.63) is 57.6 Å². The topological polar surface area (TPSA) is 40.6 Å². The minimum atomic E-state index is -3.49. The third-order valence-electron chi connectivity index (χ3n) is 5.84. The van der Waals surface area contributed by atoms with Crippen LogP contribution >= 0.6 is 0 Å². The van der Waals surface area contributed by atoms with Crippen LogP contribution in [0.1, 0.15) is 33.4 Å². The van der Waals surface area contributed by atoms with Crippen molar-refractivity contribution < 1.29 is 8.42 Å². The van der Waals surface area contributed by atoms with E-state index in [1.54, 1.807) is 4.31 Å². The van der Waals surface area contributed by atoms with Crippen LogP contribution in [0.2, 0.25) is 0 Å². The average molecular weight is 387 g/mol. The summed E-state index contributed by atoms with van der Waals surface area (Å²) in [5, 5.41) is 0. The van der Waals surface area contributed by atoms with Crippen molar-refractivity contribution in [3.8, 4) is 0 Å². The number of rotatable bonds is 3. The van der Waals surface area contributed by atoms with Gasteiger partial charge < -0.3 is 4.90 Å². The molecule has 1 heterocycles. The zero-order valence-electron chi connectivity index (χ0n) is 17.3. The van der Waals surface area contributed by atoms with Gasteiger partial charge in [0.15, 0.2) is 0 Å². The third kappa shape index (κ3) is 3.63. The van der Waals surface area contributed by atoms with Gasteiger partial charge in [-0.1, -0.05) is 18.2 Å². The number of benzene rings is 2. The molecular weight excluding hydrogens is 356 g/mol. The van der Waals surface area contributed by atoms with Crippen LogP contribution in [0.5, 0.6) is 0 Å². The number of anilines is 1. The molecule has 0 unspecified atom stereocenters. The summed E-state index contributed by atoms with van der Waals surface area (Å²) in [6.07, 6.45) is 0. The zero-order chi connectivity index (χ0) is 19.9. The maximum atomic E-state index is 13.4. The van der Waals surface area contributed by atoms with Gasteiger partial charge in [0, 0.05) is 31.9 Å². The summed E-state index contributed by atoms with van der Waals surface area (Å²) in [5.74, 6) is 0. The van der Waals surface area contributed by atoms with E-state index in [0.717, 1.165) is 22.3 Å². The fourth-order valence-corrected chi connectivity index (χ4v) is 5.92. The van der Waals surface area contributed by atoms with E-state index in [2.05, 4.69) is 43.0 Å². The Hall–Kier alpha value is -1.85. The molecule has 0 N–H and O–H groups in total. The molecular formula is C22H30N2O2S. The Morgan fingerprint density at radius 1 is 0.741 bits per heavy atom. The minimum absolute atomic E-state index is 0.500. The lowest BCUT2D eigenvalue weighted by Gasteiger charge is -2.36. The van der Waals surface area contributed by atoms with E-state index in [1.807, 2.05) is 27.7 Å². The smallest absolute Gasteiger partial charge is 0.243 e. The Labute approximate surface area is 163 Å². The molecule has 5 heteroatoms. The summed E-state index contributed by atoms with van der Waals surface area (Å²) in [6.45, 7) is 14.5. The predicted molar refractivity (Wildman–Crippen MR) is 112 cm³/mol. The second-order valence-electron chi connectivity index (χ2n) is 7.77. The molecule has 0 spiro atoms. The Bertz CT molecular complexity index is 946. The van der Waals surface area contributed by atoms with Crippen LogP contribution in [0.4, 0.5) is 5.69 Å². The van der Waals surface area contributed by atoms with Crippen LogP contribution in [-0.2, 0) is 10.0 Å². The van der Waals surface area contributed by atoms with E-state index in [1.165, 1.54) is 16.8 Å². The molecule has 1 saturated heterocycles. The highest BCUT2D eigenvalue weighted by atomic mass is 32.2. The van der Waals surface area contributed by atoms with E-state index >= 15 is 0 Å². The predicted octanol–water partition coefficient (Wildman–Crippen LogP) is 4.05. The normalized spacial score (nSPS) is 16.0. The largest absolute Gasteiger partial charge is 0.369 e. The fourth-order valence-electron chi connectivity index (χ4n) is 3.93. The summed E-state index contributed by atoms with van der Waals surface area (Å²) in [6, 6.07) is 8.51. The first kappa shape index (κ1) is 19.9. The molecule has 0 atom stereocenters. The average Bonchev–Trinajstić information content (AvgIpc) is 2.62. The molecule has 1 aliphatic heterocycles. The third-order valence-corrected chi connectivity index (χ3v) is 8.01. The number of nitrogens with zero attached hydrogens (tertiary/aromatic N) is 2. The van der Waals surface area contributed by atoms with Crippen molar-refractivity contribution >= 4 is 15.7 Å². The number of aryl methyl sites for hydroxylation is 4. The molecule has 0 bridgehead atoms. The van der Waals surface area contributed by atoms with Gasteiger partial charge in [-0.05, 0) is 81.0 Å². The molecule has 4 nitrogen and oxygen atoms in total. The quantitative estimate of drug-likeness (QED) is 0.799. The molecule has 2 aromatic rings. The van der Waals surface area contributed by atoms with Gasteiger partial charge in [-0.2, -0.15) is 4.31 Å². The highest BCUT2D eigenvalue weighted by Crippen LogP contribution is 2.30. The van der Waals surface area contributed by atoms with E-state index in [-0.39, 0.29) is 0 Å². The monoisotopic (exact) mass is 386 g/mol. The van der Waals surface area contributed by atoms with Crippen LogP contribution in [0, 0.1) is 41.5 Å². The summed E-state index contributed by atoms with van der Waals surface area (Å²) in [4.78, 5) is 2.80. The van der Waals surface area contributed by atoms with E-state index in [9.17, 15) is 8.42 Å². The lowest BCUT2D eigenvalue weighted by molar-refractivity contribution is 0.384. The van der Waals surface area contributed by atoms with Gasteiger partial charge in [-0.3, -0.25) is 0 Å². The molecule has 1 fully saturated rings. The van der Waals surface area contributed by atoms with E-state index < -0.39 is 10.0 Å². The molecule has 3 rings (SSSR count). The molecule has 0 aromatic heterocycles. The maximum Gasteiger partial charge on any atom is 0.243 e. The van der Waals surface area contributed by atoms with Crippen molar-refractivity contribution in [2.24, 2.45) is 0 Å². The van der Waals surface area contributed by atoms with Gasteiger partial charge in [0.05, 0.1) is 4.90 Å². The second-order valence-corrected chi connectivity index (χ2v) is 9.65. The Morgan fingerprint density at radius 2 is 1.30 bits per heavy atom. The van der Waals surface area contributed by atoms with E-state index in [0.29, 0.717) is 31.1 Å². The molecule has 27 heavy (non-hydrogen) atoms. The van der Waals surface area contributed by atoms with Crippen molar-refractivity contribution in [1.82, 2.24) is 4.31 Å². The summed E-state index contributed by atoms with van der Waals surface area (Å²) >= 11 is 0. The first-order chi connectivity index (χ1) is 12.6. The first-order valence-electron chi connectivity index (χ1n) is 9.52. The number of hydrogen-bond donors (Lipinski definition) is 0. The van der Waals surface area contributed by atoms with Crippen LogP contribution in [0.15, 0.2) is 29.2 Å². The number of piperazine rings is 1. The summed E-state index contributed by atoms with van der Waals surface area (Å²) < 4.78 is 28.5. The van der Waals surface area contributed by atoms with Crippen molar-refractivity contribution in [2.45, 2.75) is 46.4 Å². The summed E-state index contributed by atoms with van der Waals surface area (Å²) in [5.41, 5.74) is 7.48. The highest BCUT2D eigenvalue weighted by molar-refractivity contribution is 7.89. The number of hydrogen-bond acceptors (Lipinski definition) is 3. The lowest BCUT2D eigenvalue weighted by Crippen LogP contribution is -2.49. The van der Waals surface area contributed by atoms with Crippen LogP contribution < -0.4 is 4.90 Å². The maximum absolute atomic E-state index is 13.4. The fraction of sp³-hybridized carbons (Fsp3) is 0.455. The molecule has 1 aliphatic rings. The van der Waals surface area contributed by atoms with Crippen LogP contribution in [-0.4, -0.2) is 38.9 Å². The number of sulfonamides is 1. The van der Waals surface area contributed by atoms with Gasteiger partial charge in [-0.25, -0.2) is 8.42 Å². The highest BCUT2D eigenvalue weighted by Gasteiger charge is 2.32. The van der Waals surface area contributed by atoms with Gasteiger partial charge in [0.2, 0.25) is 10.0 Å². The molecule has 0 saturated carbocycles. The molecule has 0 radical (unpaired) electrons. The van der Waals surface area contributed by atoms with E-state index in [4.69, 9.17) is 0 Å². The SMILES string of the molecule is Cc1ccc(C)c(N2CCN(S(=O)(=O)c3c(C)c(C)cc(C)c3C)CC2)c1. The molecule has 146 valence electrons.